The summed E-state index contributed by atoms with van der Waals surface area (Å²) in [5.74, 6) is -0.569. The van der Waals surface area contributed by atoms with Gasteiger partial charge < -0.3 is 0 Å². The van der Waals surface area contributed by atoms with E-state index < -0.39 is 22.5 Å². The Labute approximate surface area is 152 Å². The van der Waals surface area contributed by atoms with E-state index in [0.717, 1.165) is 4.31 Å². The van der Waals surface area contributed by atoms with Crippen molar-refractivity contribution in [2.45, 2.75) is 18.7 Å². The fraction of sp³-hybridized carbons (Fsp3) is 0.176. The topological polar surface area (TPSA) is 78.8 Å². The second-order valence-corrected chi connectivity index (χ2v) is 7.64. The van der Waals surface area contributed by atoms with Crippen LogP contribution < -0.4 is 9.73 Å². The van der Waals surface area contributed by atoms with Gasteiger partial charge in [0.1, 0.15) is 6.54 Å². The zero-order valence-corrected chi connectivity index (χ0v) is 15.4. The molecule has 2 aromatic carbocycles. The summed E-state index contributed by atoms with van der Waals surface area (Å²) < 4.78 is 27.0. The Kier molecular flexibility index (Phi) is 6.17. The van der Waals surface area contributed by atoms with Crippen LogP contribution in [0.25, 0.3) is 0 Å². The standard InChI is InChI=1S/C17H18ClN3O3S/c1-13(2)19-20-17(22)12-21(16-11-7-6-10-15(16)18)25(23,24)14-8-4-3-5-9-14/h3-11H,12H2,1-2H3,(H,20,22). The summed E-state index contributed by atoms with van der Waals surface area (Å²) in [5, 5.41) is 4.04. The van der Waals surface area contributed by atoms with Crippen molar-refractivity contribution in [2.24, 2.45) is 5.10 Å². The normalized spacial score (nSPS) is 10.8. The van der Waals surface area contributed by atoms with Crippen LogP contribution >= 0.6 is 11.6 Å². The molecule has 0 spiro atoms. The van der Waals surface area contributed by atoms with Crippen LogP contribution in [0.5, 0.6) is 0 Å². The van der Waals surface area contributed by atoms with Gasteiger partial charge in [-0.2, -0.15) is 5.10 Å². The molecule has 0 aliphatic rings. The highest BCUT2D eigenvalue weighted by molar-refractivity contribution is 7.92. The minimum atomic E-state index is -3.97. The number of hydrogen-bond acceptors (Lipinski definition) is 4. The molecule has 0 fully saturated rings. The van der Waals surface area contributed by atoms with E-state index in [1.54, 1.807) is 56.3 Å². The zero-order valence-electron chi connectivity index (χ0n) is 13.8. The second kappa shape index (κ2) is 8.13. The molecule has 2 rings (SSSR count). The third-order valence-corrected chi connectivity index (χ3v) is 5.24. The molecular formula is C17H18ClN3O3S. The highest BCUT2D eigenvalue weighted by Crippen LogP contribution is 2.30. The van der Waals surface area contributed by atoms with E-state index >= 15 is 0 Å². The summed E-state index contributed by atoms with van der Waals surface area (Å²) >= 11 is 6.16. The average molecular weight is 380 g/mol. The number of carbonyl (C=O) groups is 1. The predicted octanol–water partition coefficient (Wildman–Crippen LogP) is 3.05. The van der Waals surface area contributed by atoms with Crippen molar-refractivity contribution < 1.29 is 13.2 Å². The van der Waals surface area contributed by atoms with Crippen LogP contribution in [0.1, 0.15) is 13.8 Å². The highest BCUT2D eigenvalue weighted by atomic mass is 35.5. The summed E-state index contributed by atoms with van der Waals surface area (Å²) in [4.78, 5) is 12.2. The Hall–Kier alpha value is -2.38. The van der Waals surface area contributed by atoms with Crippen molar-refractivity contribution >= 4 is 38.9 Å². The molecule has 0 aromatic heterocycles. The monoisotopic (exact) mass is 379 g/mol. The number of benzene rings is 2. The predicted molar refractivity (Wildman–Crippen MR) is 99.4 cm³/mol. The number of sulfonamides is 1. The fourth-order valence-corrected chi connectivity index (χ4v) is 3.76. The maximum absolute atomic E-state index is 13.0. The van der Waals surface area contributed by atoms with Gasteiger partial charge in [-0.3, -0.25) is 9.10 Å². The Bertz CT molecular complexity index is 879. The van der Waals surface area contributed by atoms with E-state index in [2.05, 4.69) is 10.5 Å². The van der Waals surface area contributed by atoms with Crippen molar-refractivity contribution in [1.82, 2.24) is 5.43 Å². The first kappa shape index (κ1) is 19.0. The molecule has 0 saturated carbocycles. The molecule has 0 aliphatic heterocycles. The van der Waals surface area contributed by atoms with Gasteiger partial charge in [0.2, 0.25) is 0 Å². The van der Waals surface area contributed by atoms with Gasteiger partial charge in [-0.15, -0.1) is 0 Å². The molecule has 2 aromatic rings. The smallest absolute Gasteiger partial charge is 0.264 e. The molecule has 0 bridgehead atoms. The molecular weight excluding hydrogens is 362 g/mol. The van der Waals surface area contributed by atoms with Gasteiger partial charge in [0, 0.05) is 5.71 Å². The van der Waals surface area contributed by atoms with Gasteiger partial charge >= 0.3 is 0 Å². The lowest BCUT2D eigenvalue weighted by atomic mass is 10.3. The van der Waals surface area contributed by atoms with Crippen LogP contribution in [0.3, 0.4) is 0 Å². The maximum Gasteiger partial charge on any atom is 0.264 e. The first-order valence-corrected chi connectivity index (χ1v) is 9.26. The van der Waals surface area contributed by atoms with Crippen LogP contribution in [0.15, 0.2) is 64.6 Å². The van der Waals surface area contributed by atoms with Crippen LogP contribution in [0, 0.1) is 0 Å². The Balaban J connectivity index is 2.45. The number of halogens is 1. The molecule has 1 N–H and O–H groups in total. The summed E-state index contributed by atoms with van der Waals surface area (Å²) in [6, 6.07) is 14.3. The van der Waals surface area contributed by atoms with Crippen molar-refractivity contribution in [3.63, 3.8) is 0 Å². The van der Waals surface area contributed by atoms with Crippen LogP contribution in [0.2, 0.25) is 5.02 Å². The van der Waals surface area contributed by atoms with Crippen LogP contribution in [-0.2, 0) is 14.8 Å². The van der Waals surface area contributed by atoms with Crippen LogP contribution in [0.4, 0.5) is 5.69 Å². The number of carbonyl (C=O) groups excluding carboxylic acids is 1. The van der Waals surface area contributed by atoms with Gasteiger partial charge in [-0.1, -0.05) is 41.9 Å². The molecule has 0 unspecified atom stereocenters. The maximum atomic E-state index is 13.0. The fourth-order valence-electron chi connectivity index (χ4n) is 2.01. The molecule has 0 heterocycles. The van der Waals surface area contributed by atoms with E-state index in [9.17, 15) is 13.2 Å². The van der Waals surface area contributed by atoms with E-state index in [1.807, 2.05) is 0 Å². The van der Waals surface area contributed by atoms with Gasteiger partial charge in [0.15, 0.2) is 0 Å². The molecule has 0 radical (unpaired) electrons. The highest BCUT2D eigenvalue weighted by Gasteiger charge is 2.28. The number of para-hydroxylation sites is 1. The first-order valence-electron chi connectivity index (χ1n) is 7.44. The third kappa shape index (κ3) is 4.80. The Morgan fingerprint density at radius 2 is 1.68 bits per heavy atom. The summed E-state index contributed by atoms with van der Waals surface area (Å²) in [5.41, 5.74) is 3.19. The molecule has 6 nitrogen and oxygen atoms in total. The summed E-state index contributed by atoms with van der Waals surface area (Å²) in [6.45, 7) is 2.98. The van der Waals surface area contributed by atoms with Crippen molar-refractivity contribution in [3.8, 4) is 0 Å². The van der Waals surface area contributed by atoms with Crippen molar-refractivity contribution in [1.29, 1.82) is 0 Å². The molecule has 0 saturated heterocycles. The molecule has 8 heteroatoms. The average Bonchev–Trinajstić information content (AvgIpc) is 2.59. The SMILES string of the molecule is CC(C)=NNC(=O)CN(c1ccccc1Cl)S(=O)(=O)c1ccccc1. The van der Waals surface area contributed by atoms with Gasteiger partial charge in [0.05, 0.1) is 15.6 Å². The molecule has 132 valence electrons. The quantitative estimate of drug-likeness (QED) is 0.618. The zero-order chi connectivity index (χ0) is 18.4. The van der Waals surface area contributed by atoms with E-state index in [-0.39, 0.29) is 15.6 Å². The molecule has 0 aliphatic carbocycles. The second-order valence-electron chi connectivity index (χ2n) is 5.37. The summed E-state index contributed by atoms with van der Waals surface area (Å²) in [6.07, 6.45) is 0. The minimum absolute atomic E-state index is 0.0675. The molecule has 1 amide bonds. The van der Waals surface area contributed by atoms with E-state index in [0.29, 0.717) is 5.71 Å². The number of hydrazone groups is 1. The van der Waals surface area contributed by atoms with Crippen molar-refractivity contribution in [2.75, 3.05) is 10.8 Å². The largest absolute Gasteiger partial charge is 0.271 e. The number of nitrogens with one attached hydrogen (secondary N) is 1. The van der Waals surface area contributed by atoms with E-state index in [1.165, 1.54) is 12.1 Å². The summed E-state index contributed by atoms with van der Waals surface area (Å²) in [7, 11) is -3.97. The number of nitrogens with zero attached hydrogens (tertiary/aromatic N) is 2. The first-order chi connectivity index (χ1) is 11.8. The van der Waals surface area contributed by atoms with Crippen molar-refractivity contribution in [3.05, 3.63) is 59.6 Å². The number of hydrogen-bond donors (Lipinski definition) is 1. The number of rotatable bonds is 6. The number of amides is 1. The molecule has 25 heavy (non-hydrogen) atoms. The lowest BCUT2D eigenvalue weighted by molar-refractivity contribution is -0.119. The minimum Gasteiger partial charge on any atom is -0.271 e. The molecule has 0 atom stereocenters. The van der Waals surface area contributed by atoms with Gasteiger partial charge in [0.25, 0.3) is 15.9 Å². The van der Waals surface area contributed by atoms with E-state index in [4.69, 9.17) is 11.6 Å². The third-order valence-electron chi connectivity index (χ3n) is 3.14. The lowest BCUT2D eigenvalue weighted by Gasteiger charge is -2.24. The number of anilines is 1. The lowest BCUT2D eigenvalue weighted by Crippen LogP contribution is -2.39. The Morgan fingerprint density at radius 3 is 2.28 bits per heavy atom. The Morgan fingerprint density at radius 1 is 1.08 bits per heavy atom. The van der Waals surface area contributed by atoms with Gasteiger partial charge in [-0.25, -0.2) is 13.8 Å². The van der Waals surface area contributed by atoms with Gasteiger partial charge in [-0.05, 0) is 38.1 Å². The van der Waals surface area contributed by atoms with Crippen LogP contribution in [-0.4, -0.2) is 26.6 Å².